The number of phenols is 1. The average molecular weight is 343 g/mol. The summed E-state index contributed by atoms with van der Waals surface area (Å²) >= 11 is 0. The molecule has 0 aromatic heterocycles. The van der Waals surface area contributed by atoms with Crippen molar-refractivity contribution in [2.45, 2.75) is 70.9 Å². The van der Waals surface area contributed by atoms with Crippen molar-refractivity contribution in [2.24, 2.45) is 0 Å². The molecule has 0 radical (unpaired) electrons. The van der Waals surface area contributed by atoms with E-state index in [4.69, 9.17) is 4.74 Å². The minimum Gasteiger partial charge on any atom is -0.508 e. The quantitative estimate of drug-likeness (QED) is 0.784. The molecule has 4 heteroatoms. The molecule has 25 heavy (non-hydrogen) atoms. The predicted molar refractivity (Wildman–Crippen MR) is 98.6 cm³/mol. The lowest BCUT2D eigenvalue weighted by Gasteiger charge is -2.41. The fraction of sp³-hybridized carbons (Fsp3) is 0.571. The highest BCUT2D eigenvalue weighted by atomic mass is 16.6. The molecule has 0 saturated carbocycles. The van der Waals surface area contributed by atoms with Crippen LogP contribution in [0.1, 0.15) is 58.4 Å². The molecule has 0 fully saturated rings. The number of nitrogens with zero attached hydrogens (tertiary/aromatic N) is 1. The van der Waals surface area contributed by atoms with E-state index in [0.29, 0.717) is 0 Å². The van der Waals surface area contributed by atoms with Gasteiger partial charge in [-0.25, -0.2) is 4.79 Å². The third-order valence-corrected chi connectivity index (χ3v) is 5.06. The molecule has 0 saturated heterocycles. The molecule has 1 aromatic rings. The first kappa shape index (κ1) is 17.8. The number of amides is 1. The third kappa shape index (κ3) is 4.36. The second kappa shape index (κ2) is 7.11. The van der Waals surface area contributed by atoms with Crippen molar-refractivity contribution in [3.05, 3.63) is 41.0 Å². The SMILES string of the molecule is CC(C)(C)OC(=O)N1CCC2=C(CCCC2)C1Cc1ccc(O)cc1. The number of aromatic hydroxyl groups is 1. The van der Waals surface area contributed by atoms with Crippen LogP contribution in [0.2, 0.25) is 0 Å². The Labute approximate surface area is 150 Å². The maximum atomic E-state index is 12.8. The standard InChI is InChI=1S/C21H29NO3/c1-21(2,3)25-20(24)22-13-12-16-6-4-5-7-18(16)19(22)14-15-8-10-17(23)11-9-15/h8-11,19,23H,4-7,12-14H2,1-3H3. The van der Waals surface area contributed by atoms with Gasteiger partial charge in [0.15, 0.2) is 0 Å². The number of carbonyl (C=O) groups is 1. The zero-order chi connectivity index (χ0) is 18.0. The smallest absolute Gasteiger partial charge is 0.410 e. The van der Waals surface area contributed by atoms with Crippen molar-refractivity contribution in [3.63, 3.8) is 0 Å². The molecule has 136 valence electrons. The fourth-order valence-corrected chi connectivity index (χ4v) is 3.91. The number of hydrogen-bond donors (Lipinski definition) is 1. The van der Waals surface area contributed by atoms with E-state index in [1.165, 1.54) is 24.8 Å². The lowest BCUT2D eigenvalue weighted by Crippen LogP contribution is -2.48. The first-order valence-corrected chi connectivity index (χ1v) is 9.32. The molecule has 2 aliphatic rings. The summed E-state index contributed by atoms with van der Waals surface area (Å²) in [5.41, 5.74) is 3.64. The Bertz CT molecular complexity index is 655. The van der Waals surface area contributed by atoms with Crippen molar-refractivity contribution in [1.29, 1.82) is 0 Å². The highest BCUT2D eigenvalue weighted by Gasteiger charge is 2.35. The van der Waals surface area contributed by atoms with E-state index in [1.807, 2.05) is 37.8 Å². The predicted octanol–water partition coefficient (Wildman–Crippen LogP) is 4.81. The van der Waals surface area contributed by atoms with Crippen LogP contribution in [0, 0.1) is 0 Å². The van der Waals surface area contributed by atoms with E-state index in [1.54, 1.807) is 17.7 Å². The number of phenolic OH excluding ortho intramolecular Hbond substituents is 1. The van der Waals surface area contributed by atoms with Gasteiger partial charge in [0.25, 0.3) is 0 Å². The number of hydrogen-bond acceptors (Lipinski definition) is 3. The van der Waals surface area contributed by atoms with Crippen LogP contribution in [0.15, 0.2) is 35.4 Å². The molecule has 0 spiro atoms. The molecule has 1 aromatic carbocycles. The molecular formula is C21H29NO3. The van der Waals surface area contributed by atoms with E-state index in [9.17, 15) is 9.90 Å². The molecule has 1 amide bonds. The number of rotatable bonds is 2. The highest BCUT2D eigenvalue weighted by Crippen LogP contribution is 2.37. The summed E-state index contributed by atoms with van der Waals surface area (Å²) in [6, 6.07) is 7.39. The van der Waals surface area contributed by atoms with Gasteiger partial charge in [-0.3, -0.25) is 0 Å². The van der Waals surface area contributed by atoms with Gasteiger partial charge in [0.2, 0.25) is 0 Å². The van der Waals surface area contributed by atoms with Crippen molar-refractivity contribution in [3.8, 4) is 5.75 Å². The molecule has 4 nitrogen and oxygen atoms in total. The number of ether oxygens (including phenoxy) is 1. The minimum absolute atomic E-state index is 0.0726. The zero-order valence-electron chi connectivity index (χ0n) is 15.5. The Morgan fingerprint density at radius 3 is 2.52 bits per heavy atom. The summed E-state index contributed by atoms with van der Waals surface area (Å²) in [5.74, 6) is 0.272. The average Bonchev–Trinajstić information content (AvgIpc) is 2.55. The van der Waals surface area contributed by atoms with Crippen molar-refractivity contribution in [1.82, 2.24) is 4.90 Å². The van der Waals surface area contributed by atoms with Gasteiger partial charge in [-0.15, -0.1) is 0 Å². The number of benzene rings is 1. The lowest BCUT2D eigenvalue weighted by atomic mass is 9.80. The van der Waals surface area contributed by atoms with Gasteiger partial charge in [0.1, 0.15) is 11.4 Å². The first-order valence-electron chi connectivity index (χ1n) is 9.32. The second-order valence-corrected chi connectivity index (χ2v) is 8.15. The molecule has 1 N–H and O–H groups in total. The Kier molecular flexibility index (Phi) is 5.07. The van der Waals surface area contributed by atoms with Crippen molar-refractivity contribution >= 4 is 6.09 Å². The van der Waals surface area contributed by atoms with E-state index in [0.717, 1.165) is 31.4 Å². The molecule has 0 bridgehead atoms. The van der Waals surface area contributed by atoms with E-state index < -0.39 is 5.60 Å². The van der Waals surface area contributed by atoms with Gasteiger partial charge in [-0.05, 0) is 82.6 Å². The summed E-state index contributed by atoms with van der Waals surface area (Å²) < 4.78 is 5.67. The molecule has 3 rings (SSSR count). The Hall–Kier alpha value is -1.97. The number of carbonyl (C=O) groups excluding carboxylic acids is 1. The van der Waals surface area contributed by atoms with Crippen LogP contribution in [0.25, 0.3) is 0 Å². The summed E-state index contributed by atoms with van der Waals surface area (Å²) in [6.45, 7) is 6.47. The van der Waals surface area contributed by atoms with Crippen LogP contribution in [0.5, 0.6) is 5.75 Å². The van der Waals surface area contributed by atoms with Crippen LogP contribution in [0.4, 0.5) is 4.79 Å². The third-order valence-electron chi connectivity index (χ3n) is 5.06. The summed E-state index contributed by atoms with van der Waals surface area (Å²) in [7, 11) is 0. The zero-order valence-corrected chi connectivity index (χ0v) is 15.5. The fourth-order valence-electron chi connectivity index (χ4n) is 3.91. The normalized spacial score (nSPS) is 21.1. The van der Waals surface area contributed by atoms with Crippen LogP contribution < -0.4 is 0 Å². The lowest BCUT2D eigenvalue weighted by molar-refractivity contribution is 0.0171. The molecule has 1 aliphatic carbocycles. The first-order chi connectivity index (χ1) is 11.8. The molecule has 1 aliphatic heterocycles. The maximum absolute atomic E-state index is 12.8. The van der Waals surface area contributed by atoms with E-state index in [2.05, 4.69) is 0 Å². The Balaban J connectivity index is 1.87. The van der Waals surface area contributed by atoms with Gasteiger partial charge in [-0.2, -0.15) is 0 Å². The van der Waals surface area contributed by atoms with E-state index in [-0.39, 0.29) is 17.9 Å². The van der Waals surface area contributed by atoms with Gasteiger partial charge in [0.05, 0.1) is 6.04 Å². The summed E-state index contributed by atoms with van der Waals surface area (Å²) in [6.07, 6.45) is 6.25. The van der Waals surface area contributed by atoms with Gasteiger partial charge in [0, 0.05) is 6.54 Å². The molecule has 1 atom stereocenters. The summed E-state index contributed by atoms with van der Waals surface area (Å²) in [4.78, 5) is 14.7. The highest BCUT2D eigenvalue weighted by molar-refractivity contribution is 5.70. The monoisotopic (exact) mass is 343 g/mol. The van der Waals surface area contributed by atoms with Gasteiger partial charge >= 0.3 is 6.09 Å². The van der Waals surface area contributed by atoms with Crippen LogP contribution in [0.3, 0.4) is 0 Å². The van der Waals surface area contributed by atoms with E-state index >= 15 is 0 Å². The molecular weight excluding hydrogens is 314 g/mol. The molecule has 1 heterocycles. The minimum atomic E-state index is -0.485. The van der Waals surface area contributed by atoms with Gasteiger partial charge < -0.3 is 14.7 Å². The Morgan fingerprint density at radius 1 is 1.16 bits per heavy atom. The molecule has 1 unspecified atom stereocenters. The van der Waals surface area contributed by atoms with Crippen molar-refractivity contribution in [2.75, 3.05) is 6.54 Å². The van der Waals surface area contributed by atoms with Crippen molar-refractivity contribution < 1.29 is 14.6 Å². The maximum Gasteiger partial charge on any atom is 0.410 e. The Morgan fingerprint density at radius 2 is 1.84 bits per heavy atom. The van der Waals surface area contributed by atoms with Gasteiger partial charge in [-0.1, -0.05) is 17.7 Å². The topological polar surface area (TPSA) is 49.8 Å². The van der Waals surface area contributed by atoms with Crippen LogP contribution in [-0.4, -0.2) is 34.3 Å². The summed E-state index contributed by atoms with van der Waals surface area (Å²) in [5, 5.41) is 9.52. The van der Waals surface area contributed by atoms with Crippen LogP contribution >= 0.6 is 0 Å². The second-order valence-electron chi connectivity index (χ2n) is 8.15. The van der Waals surface area contributed by atoms with Crippen LogP contribution in [-0.2, 0) is 11.2 Å². The largest absolute Gasteiger partial charge is 0.508 e.